The summed E-state index contributed by atoms with van der Waals surface area (Å²) in [5.41, 5.74) is 0.816. The number of nitriles is 1. The third kappa shape index (κ3) is 7.87. The van der Waals surface area contributed by atoms with Crippen LogP contribution in [0, 0.1) is 17.1 Å². The molecule has 0 spiro atoms. The van der Waals surface area contributed by atoms with Gasteiger partial charge >= 0.3 is 0 Å². The minimum Gasteiger partial charge on any atom is -0.376 e. The average molecular weight is 474 g/mol. The quantitative estimate of drug-likeness (QED) is 0.217. The maximum absolute atomic E-state index is 13.9. The zero-order chi connectivity index (χ0) is 17.9. The molecule has 144 valence electrons. The maximum atomic E-state index is 13.9. The monoisotopic (exact) mass is 474 g/mol. The van der Waals surface area contributed by atoms with Gasteiger partial charge in [-0.15, -0.1) is 24.0 Å². The van der Waals surface area contributed by atoms with Gasteiger partial charge in [-0.1, -0.05) is 31.7 Å². The van der Waals surface area contributed by atoms with Gasteiger partial charge in [-0.2, -0.15) is 5.26 Å². The van der Waals surface area contributed by atoms with E-state index < -0.39 is 5.82 Å². The molecule has 1 aliphatic rings. The first-order chi connectivity index (χ1) is 12.2. The van der Waals surface area contributed by atoms with E-state index >= 15 is 0 Å². The molecule has 0 aromatic heterocycles. The summed E-state index contributed by atoms with van der Waals surface area (Å²) in [6.45, 7) is 1.60. The molecule has 5 nitrogen and oxygen atoms in total. The molecule has 7 heteroatoms. The Morgan fingerprint density at radius 1 is 1.27 bits per heavy atom. The minimum atomic E-state index is -0.390. The van der Waals surface area contributed by atoms with E-state index in [1.807, 2.05) is 6.07 Å². The van der Waals surface area contributed by atoms with Gasteiger partial charge < -0.3 is 15.4 Å². The van der Waals surface area contributed by atoms with Crippen molar-refractivity contribution in [2.75, 3.05) is 20.2 Å². The molecule has 0 unspecified atom stereocenters. The molecule has 1 fully saturated rings. The van der Waals surface area contributed by atoms with Crippen LogP contribution in [0.5, 0.6) is 0 Å². The zero-order valence-electron chi connectivity index (χ0n) is 15.3. The summed E-state index contributed by atoms with van der Waals surface area (Å²) in [5.74, 6) is 0.215. The average Bonchev–Trinajstić information content (AvgIpc) is 2.90. The highest BCUT2D eigenvalue weighted by molar-refractivity contribution is 14.0. The summed E-state index contributed by atoms with van der Waals surface area (Å²) in [5, 5.41) is 15.0. The van der Waals surface area contributed by atoms with Crippen LogP contribution in [0.25, 0.3) is 0 Å². The van der Waals surface area contributed by atoms with Crippen LogP contribution in [0.1, 0.15) is 49.7 Å². The van der Waals surface area contributed by atoms with Gasteiger partial charge in [0.2, 0.25) is 0 Å². The van der Waals surface area contributed by atoms with Gasteiger partial charge in [-0.25, -0.2) is 4.39 Å². The van der Waals surface area contributed by atoms with Crippen molar-refractivity contribution in [1.82, 2.24) is 10.6 Å². The number of halogens is 2. The van der Waals surface area contributed by atoms with Crippen LogP contribution in [-0.2, 0) is 11.3 Å². The predicted octanol–water partition coefficient (Wildman–Crippen LogP) is 3.72. The Morgan fingerprint density at radius 2 is 2.00 bits per heavy atom. The van der Waals surface area contributed by atoms with E-state index in [2.05, 4.69) is 15.6 Å². The number of guanidine groups is 1. The molecule has 0 aliphatic heterocycles. The van der Waals surface area contributed by atoms with Gasteiger partial charge in [0.25, 0.3) is 0 Å². The molecule has 2 rings (SSSR count). The summed E-state index contributed by atoms with van der Waals surface area (Å²) in [6.07, 6.45) is 7.86. The number of benzene rings is 1. The molecule has 0 radical (unpaired) electrons. The van der Waals surface area contributed by atoms with Crippen molar-refractivity contribution in [3.63, 3.8) is 0 Å². The third-order valence-corrected chi connectivity index (χ3v) is 4.40. The van der Waals surface area contributed by atoms with Crippen molar-refractivity contribution in [3.05, 3.63) is 35.1 Å². The van der Waals surface area contributed by atoms with E-state index in [1.54, 1.807) is 19.2 Å². The van der Waals surface area contributed by atoms with E-state index in [4.69, 9.17) is 10.00 Å². The van der Waals surface area contributed by atoms with Gasteiger partial charge in [0.1, 0.15) is 5.82 Å². The molecule has 1 aromatic rings. The molecule has 0 amide bonds. The van der Waals surface area contributed by atoms with Crippen molar-refractivity contribution in [2.24, 2.45) is 4.99 Å². The van der Waals surface area contributed by atoms with Gasteiger partial charge in [0, 0.05) is 25.7 Å². The number of ether oxygens (including phenoxy) is 1. The first kappa shape index (κ1) is 22.6. The topological polar surface area (TPSA) is 69.4 Å². The van der Waals surface area contributed by atoms with Gasteiger partial charge in [-0.3, -0.25) is 4.99 Å². The fourth-order valence-corrected chi connectivity index (χ4v) is 2.96. The maximum Gasteiger partial charge on any atom is 0.191 e. The number of hydrogen-bond acceptors (Lipinski definition) is 3. The Labute approximate surface area is 172 Å². The summed E-state index contributed by atoms with van der Waals surface area (Å²) >= 11 is 0. The summed E-state index contributed by atoms with van der Waals surface area (Å²) < 4.78 is 19.8. The van der Waals surface area contributed by atoms with Crippen molar-refractivity contribution < 1.29 is 9.13 Å². The Bertz CT molecular complexity index is 610. The highest BCUT2D eigenvalue weighted by atomic mass is 127. The number of aliphatic imine (C=N–C) groups is 1. The SMILES string of the molecule is CN=C(NCCOC1CCCCCC1)NCc1ccc(C#N)cc1F.I. The van der Waals surface area contributed by atoms with Crippen LogP contribution < -0.4 is 10.6 Å². The van der Waals surface area contributed by atoms with Crippen LogP contribution in [0.4, 0.5) is 4.39 Å². The highest BCUT2D eigenvalue weighted by Gasteiger charge is 2.12. The Kier molecular flexibility index (Phi) is 11.2. The predicted molar refractivity (Wildman–Crippen MR) is 112 cm³/mol. The fourth-order valence-electron chi connectivity index (χ4n) is 2.96. The number of rotatable bonds is 6. The standard InChI is InChI=1S/C19H27FN4O.HI/c1-22-19(23-10-11-25-17-6-4-2-3-5-7-17)24-14-16-9-8-15(13-21)12-18(16)20;/h8-9,12,17H,2-7,10-11,14H2,1H3,(H2,22,23,24);1H. The molecule has 0 atom stereocenters. The van der Waals surface area contributed by atoms with Gasteiger partial charge in [0.15, 0.2) is 5.96 Å². The van der Waals surface area contributed by atoms with E-state index in [-0.39, 0.29) is 24.0 Å². The second kappa shape index (κ2) is 12.9. The van der Waals surface area contributed by atoms with E-state index in [0.717, 1.165) is 12.8 Å². The van der Waals surface area contributed by atoms with E-state index in [0.29, 0.717) is 42.9 Å². The lowest BCUT2D eigenvalue weighted by Gasteiger charge is -2.17. The minimum absolute atomic E-state index is 0. The first-order valence-electron chi connectivity index (χ1n) is 8.97. The molecule has 2 N–H and O–H groups in total. The fraction of sp³-hybridized carbons (Fsp3) is 0.579. The lowest BCUT2D eigenvalue weighted by molar-refractivity contribution is 0.0468. The smallest absolute Gasteiger partial charge is 0.191 e. The van der Waals surface area contributed by atoms with Crippen LogP contribution in [-0.4, -0.2) is 32.3 Å². The van der Waals surface area contributed by atoms with Gasteiger partial charge in [0.05, 0.1) is 24.3 Å². The normalized spacial score (nSPS) is 15.5. The number of nitrogens with one attached hydrogen (secondary N) is 2. The molecule has 1 saturated carbocycles. The first-order valence-corrected chi connectivity index (χ1v) is 8.97. The van der Waals surface area contributed by atoms with Crippen molar-refractivity contribution in [3.8, 4) is 6.07 Å². The van der Waals surface area contributed by atoms with Crippen LogP contribution >= 0.6 is 24.0 Å². The number of hydrogen-bond donors (Lipinski definition) is 2. The Hall–Kier alpha value is -1.40. The molecule has 0 heterocycles. The number of nitrogens with zero attached hydrogens (tertiary/aromatic N) is 2. The molecular formula is C19H28FIN4O. The summed E-state index contributed by atoms with van der Waals surface area (Å²) in [4.78, 5) is 4.13. The summed E-state index contributed by atoms with van der Waals surface area (Å²) in [7, 11) is 1.68. The largest absolute Gasteiger partial charge is 0.376 e. The van der Waals surface area contributed by atoms with Crippen LogP contribution in [0.15, 0.2) is 23.2 Å². The molecular weight excluding hydrogens is 446 g/mol. The van der Waals surface area contributed by atoms with Crippen molar-refractivity contribution in [1.29, 1.82) is 5.26 Å². The zero-order valence-corrected chi connectivity index (χ0v) is 17.6. The van der Waals surface area contributed by atoms with Gasteiger partial charge in [-0.05, 0) is 25.0 Å². The molecule has 0 bridgehead atoms. The van der Waals surface area contributed by atoms with Crippen LogP contribution in [0.2, 0.25) is 0 Å². The van der Waals surface area contributed by atoms with E-state index in [1.165, 1.54) is 31.7 Å². The third-order valence-electron chi connectivity index (χ3n) is 4.40. The lowest BCUT2D eigenvalue weighted by Crippen LogP contribution is -2.39. The van der Waals surface area contributed by atoms with Crippen LogP contribution in [0.3, 0.4) is 0 Å². The lowest BCUT2D eigenvalue weighted by atomic mass is 10.1. The second-order valence-electron chi connectivity index (χ2n) is 6.25. The molecule has 1 aromatic carbocycles. The molecule has 0 saturated heterocycles. The Morgan fingerprint density at radius 3 is 2.62 bits per heavy atom. The molecule has 26 heavy (non-hydrogen) atoms. The second-order valence-corrected chi connectivity index (χ2v) is 6.25. The van der Waals surface area contributed by atoms with Crippen molar-refractivity contribution in [2.45, 2.75) is 51.2 Å². The van der Waals surface area contributed by atoms with Crippen molar-refractivity contribution >= 4 is 29.9 Å². The molecule has 1 aliphatic carbocycles. The highest BCUT2D eigenvalue weighted by Crippen LogP contribution is 2.19. The van der Waals surface area contributed by atoms with E-state index in [9.17, 15) is 4.39 Å². The summed E-state index contributed by atoms with van der Waals surface area (Å²) in [6, 6.07) is 6.39. The Balaban J connectivity index is 0.00000338.